The third-order valence-electron chi connectivity index (χ3n) is 1.34. The Morgan fingerprint density at radius 3 is 1.29 bits per heavy atom. The van der Waals surface area contributed by atoms with Crippen LogP contribution in [0.5, 0.6) is 0 Å². The molecule has 0 saturated carbocycles. The summed E-state index contributed by atoms with van der Waals surface area (Å²) in [5.41, 5.74) is 0. The Labute approximate surface area is 132 Å². The van der Waals surface area contributed by atoms with Crippen molar-refractivity contribution in [3.8, 4) is 0 Å². The Balaban J connectivity index is 0. The molecule has 99 valence electrons. The monoisotopic (exact) mass is 333 g/mol. The van der Waals surface area contributed by atoms with Crippen molar-refractivity contribution in [1.82, 2.24) is 0 Å². The molecule has 6 nitrogen and oxygen atoms in total. The van der Waals surface area contributed by atoms with Crippen molar-refractivity contribution < 1.29 is 25.9 Å². The predicted octanol–water partition coefficient (Wildman–Crippen LogP) is 0.543. The van der Waals surface area contributed by atoms with Crippen LogP contribution in [0.2, 0.25) is 0 Å². The summed E-state index contributed by atoms with van der Waals surface area (Å²) in [5.74, 6) is 0.615. The maximum atomic E-state index is 10.3. The minimum Gasteiger partial charge on any atom is -0.286 e. The van der Waals surface area contributed by atoms with E-state index in [-0.39, 0.29) is 41.1 Å². The number of hydrogen-bond acceptors (Lipinski definition) is 6. The summed E-state index contributed by atoms with van der Waals surface area (Å²) in [6.07, 6.45) is 0.712. The molecule has 0 aliphatic carbocycles. The van der Waals surface area contributed by atoms with Gasteiger partial charge in [-0.15, -0.1) is 0 Å². The van der Waals surface area contributed by atoms with Gasteiger partial charge < -0.3 is 0 Å². The van der Waals surface area contributed by atoms with Crippen LogP contribution < -0.4 is 0 Å². The first-order valence-electron chi connectivity index (χ1n) is 4.35. The molecule has 2 N–H and O–H groups in total. The van der Waals surface area contributed by atoms with E-state index in [9.17, 15) is 16.8 Å². The molecular weight excluding hydrogens is 319 g/mol. The molecule has 0 unspecified atom stereocenters. The Morgan fingerprint density at radius 2 is 1.06 bits per heavy atom. The number of rotatable bonds is 9. The molecule has 0 aromatic heterocycles. The van der Waals surface area contributed by atoms with Gasteiger partial charge in [0, 0.05) is 41.1 Å². The molecule has 0 aliphatic heterocycles. The minimum atomic E-state index is -3.88. The Bertz CT molecular complexity index is 339. The molecule has 11 heteroatoms. The van der Waals surface area contributed by atoms with Crippen LogP contribution in [0.3, 0.4) is 0 Å². The van der Waals surface area contributed by atoms with Gasteiger partial charge in [-0.05, 0) is 12.8 Å². The largest absolute Gasteiger partial charge is 0.286 e. The van der Waals surface area contributed by atoms with Crippen LogP contribution in [-0.2, 0) is 20.2 Å². The van der Waals surface area contributed by atoms with Crippen LogP contribution in [0.4, 0.5) is 0 Å². The zero-order valence-corrected chi connectivity index (χ0v) is 14.7. The van der Waals surface area contributed by atoms with Gasteiger partial charge in [0.05, 0.1) is 11.5 Å². The Morgan fingerprint density at radius 1 is 0.765 bits per heavy atom. The third-order valence-corrected chi connectivity index (χ3v) is 5.53. The van der Waals surface area contributed by atoms with Crippen LogP contribution in [-0.4, -0.2) is 78.5 Å². The summed E-state index contributed by atoms with van der Waals surface area (Å²) in [6, 6.07) is 0. The van der Waals surface area contributed by atoms with Gasteiger partial charge in [-0.2, -0.15) is 16.8 Å². The molecule has 0 aliphatic rings. The van der Waals surface area contributed by atoms with Crippen molar-refractivity contribution >= 4 is 71.4 Å². The third kappa shape index (κ3) is 20.0. The van der Waals surface area contributed by atoms with Gasteiger partial charge in [-0.25, -0.2) is 0 Å². The second-order valence-corrected chi connectivity index (χ2v) is 8.77. The fourth-order valence-electron chi connectivity index (χ4n) is 0.718. The Kier molecular flexibility index (Phi) is 12.7. The van der Waals surface area contributed by atoms with Gasteiger partial charge in [0.2, 0.25) is 0 Å². The van der Waals surface area contributed by atoms with Crippen molar-refractivity contribution in [1.29, 1.82) is 0 Å². The second kappa shape index (κ2) is 10.3. The molecule has 0 fully saturated rings. The van der Waals surface area contributed by atoms with Crippen LogP contribution in [0.25, 0.3) is 0 Å². The molecule has 0 atom stereocenters. The quantitative estimate of drug-likeness (QED) is 0.272. The normalized spacial score (nSPS) is 12.1. The first kappa shape index (κ1) is 20.8. The molecule has 0 heterocycles. The minimum absolute atomic E-state index is 0. The molecule has 0 aromatic carbocycles. The zero-order chi connectivity index (χ0) is 12.7. The van der Waals surface area contributed by atoms with E-state index < -0.39 is 20.2 Å². The first-order chi connectivity index (χ1) is 7.21. The molecular formula is C6H14NaO6S4. The van der Waals surface area contributed by atoms with Gasteiger partial charge >= 0.3 is 0 Å². The van der Waals surface area contributed by atoms with E-state index in [0.29, 0.717) is 24.3 Å². The van der Waals surface area contributed by atoms with Gasteiger partial charge in [-0.1, -0.05) is 21.6 Å². The summed E-state index contributed by atoms with van der Waals surface area (Å²) < 4.78 is 58.1. The number of hydrogen-bond donors (Lipinski definition) is 2. The first-order valence-corrected chi connectivity index (χ1v) is 10.1. The average Bonchev–Trinajstić information content (AvgIpc) is 2.06. The van der Waals surface area contributed by atoms with E-state index >= 15 is 0 Å². The average molecular weight is 333 g/mol. The molecule has 0 amide bonds. The zero-order valence-electron chi connectivity index (χ0n) is 9.40. The second-order valence-electron chi connectivity index (χ2n) is 2.92. The van der Waals surface area contributed by atoms with Gasteiger partial charge in [0.1, 0.15) is 0 Å². The topological polar surface area (TPSA) is 109 Å². The SMILES string of the molecule is O=S(=O)(O)CCCSSCCCS(=O)(=O)O.[Na]. The molecule has 0 aromatic rings. The summed E-state index contributed by atoms with van der Waals surface area (Å²) >= 11 is 0. The van der Waals surface area contributed by atoms with E-state index in [4.69, 9.17) is 9.11 Å². The summed E-state index contributed by atoms with van der Waals surface area (Å²) in [7, 11) is -4.93. The van der Waals surface area contributed by atoms with Crippen LogP contribution in [0.15, 0.2) is 0 Å². The van der Waals surface area contributed by atoms with E-state index in [2.05, 4.69) is 0 Å². The van der Waals surface area contributed by atoms with Crippen molar-refractivity contribution in [3.63, 3.8) is 0 Å². The van der Waals surface area contributed by atoms with Gasteiger partial charge in [0.15, 0.2) is 0 Å². The predicted molar refractivity (Wildman–Crippen MR) is 72.7 cm³/mol. The van der Waals surface area contributed by atoms with Crippen molar-refractivity contribution in [2.24, 2.45) is 0 Å². The van der Waals surface area contributed by atoms with Crippen LogP contribution in [0.1, 0.15) is 12.8 Å². The smallest absolute Gasteiger partial charge is 0.264 e. The molecule has 1 radical (unpaired) electrons. The standard InChI is InChI=1S/C6H14O6S4.Na/c7-15(8,9)5-1-3-13-14-4-2-6-16(10,11)12;/h1-6H2,(H,7,8,9)(H,10,11,12);. The summed E-state index contributed by atoms with van der Waals surface area (Å²) in [4.78, 5) is 0. The molecule has 0 saturated heterocycles. The van der Waals surface area contributed by atoms with E-state index in [1.807, 2.05) is 0 Å². The Hall–Kier alpha value is 1.52. The van der Waals surface area contributed by atoms with E-state index in [0.717, 1.165) is 0 Å². The van der Waals surface area contributed by atoms with Crippen LogP contribution in [0, 0.1) is 0 Å². The van der Waals surface area contributed by atoms with Crippen molar-refractivity contribution in [2.45, 2.75) is 12.8 Å². The van der Waals surface area contributed by atoms with E-state index in [1.165, 1.54) is 21.6 Å². The van der Waals surface area contributed by atoms with Crippen molar-refractivity contribution in [3.05, 3.63) is 0 Å². The molecule has 0 spiro atoms. The fourth-order valence-corrected chi connectivity index (χ4v) is 4.28. The molecule has 0 rings (SSSR count). The van der Waals surface area contributed by atoms with Gasteiger partial charge in [-0.3, -0.25) is 9.11 Å². The van der Waals surface area contributed by atoms with Gasteiger partial charge in [0.25, 0.3) is 20.2 Å². The molecule has 17 heavy (non-hydrogen) atoms. The summed E-state index contributed by atoms with van der Waals surface area (Å²) in [5, 5.41) is 0. The maximum Gasteiger partial charge on any atom is 0.264 e. The maximum absolute atomic E-state index is 10.3. The van der Waals surface area contributed by atoms with Crippen molar-refractivity contribution in [2.75, 3.05) is 23.0 Å². The fraction of sp³-hybridized carbons (Fsp3) is 1.00. The van der Waals surface area contributed by atoms with E-state index in [1.54, 1.807) is 0 Å². The molecule has 0 bridgehead atoms. The van der Waals surface area contributed by atoms with Crippen LogP contribution >= 0.6 is 21.6 Å². The summed E-state index contributed by atoms with van der Waals surface area (Å²) in [6.45, 7) is 0.